The van der Waals surface area contributed by atoms with Gasteiger partial charge in [0.2, 0.25) is 6.29 Å². The quantitative estimate of drug-likeness (QED) is 0.240. The molecule has 0 radical (unpaired) electrons. The molecule has 0 spiro atoms. The number of esters is 4. The molecule has 0 aromatic carbocycles. The minimum Gasteiger partial charge on any atom is -0.463 e. The highest BCUT2D eigenvalue weighted by molar-refractivity contribution is 5.78. The highest BCUT2D eigenvalue weighted by Crippen LogP contribution is 2.43. The molecule has 0 aromatic heterocycles. The standard InChI is InChI=1S/C26H36O9/c1-15(13-31-18(4)27)10-11-23-22-14-32-24(34-20(6)29)12-21(22)25(26(30)35-23)16(2)8-7-9-17(3)33-19(5)28/h10,14,17,21,23-25H,2,7-9,11-13H2,1,3-6H3. The molecule has 1 saturated heterocycles. The van der Waals surface area contributed by atoms with Crippen molar-refractivity contribution in [2.24, 2.45) is 11.8 Å². The summed E-state index contributed by atoms with van der Waals surface area (Å²) < 4.78 is 26.8. The molecular weight excluding hydrogens is 456 g/mol. The Labute approximate surface area is 206 Å². The van der Waals surface area contributed by atoms with Crippen LogP contribution in [0.1, 0.15) is 66.7 Å². The van der Waals surface area contributed by atoms with Crippen LogP contribution in [0, 0.1) is 11.8 Å². The normalized spacial score (nSPS) is 24.7. The van der Waals surface area contributed by atoms with Gasteiger partial charge in [0.15, 0.2) is 0 Å². The zero-order chi connectivity index (χ0) is 26.1. The fraction of sp³-hybridized carbons (Fsp3) is 0.615. The average molecular weight is 493 g/mol. The third-order valence-corrected chi connectivity index (χ3v) is 5.91. The molecule has 0 bridgehead atoms. The van der Waals surface area contributed by atoms with Crippen molar-refractivity contribution in [2.45, 2.75) is 85.2 Å². The highest BCUT2D eigenvalue weighted by Gasteiger charge is 2.46. The Balaban J connectivity index is 2.14. The topological polar surface area (TPSA) is 114 Å². The molecule has 1 fully saturated rings. The number of carbonyl (C=O) groups is 4. The van der Waals surface area contributed by atoms with Crippen LogP contribution < -0.4 is 0 Å². The monoisotopic (exact) mass is 492 g/mol. The van der Waals surface area contributed by atoms with E-state index in [1.54, 1.807) is 0 Å². The Morgan fingerprint density at radius 3 is 2.51 bits per heavy atom. The number of cyclic esters (lactones) is 1. The number of rotatable bonds is 11. The van der Waals surface area contributed by atoms with Crippen molar-refractivity contribution in [3.63, 3.8) is 0 Å². The molecule has 0 amide bonds. The lowest BCUT2D eigenvalue weighted by Gasteiger charge is -2.41. The summed E-state index contributed by atoms with van der Waals surface area (Å²) in [6.07, 6.45) is 4.40. The van der Waals surface area contributed by atoms with E-state index in [0.29, 0.717) is 37.7 Å². The molecule has 9 nitrogen and oxygen atoms in total. The Morgan fingerprint density at radius 2 is 1.89 bits per heavy atom. The molecule has 2 aliphatic heterocycles. The first-order valence-corrected chi connectivity index (χ1v) is 11.8. The first-order chi connectivity index (χ1) is 16.5. The molecule has 5 unspecified atom stereocenters. The van der Waals surface area contributed by atoms with Gasteiger partial charge in [-0.05, 0) is 38.7 Å². The summed E-state index contributed by atoms with van der Waals surface area (Å²) in [5, 5.41) is 0. The lowest BCUT2D eigenvalue weighted by molar-refractivity contribution is -0.177. The maximum absolute atomic E-state index is 13.1. The van der Waals surface area contributed by atoms with E-state index in [1.165, 1.54) is 27.0 Å². The van der Waals surface area contributed by atoms with Gasteiger partial charge in [-0.1, -0.05) is 18.2 Å². The summed E-state index contributed by atoms with van der Waals surface area (Å²) in [4.78, 5) is 46.7. The van der Waals surface area contributed by atoms with Crippen molar-refractivity contribution in [3.05, 3.63) is 35.6 Å². The predicted octanol–water partition coefficient (Wildman–Crippen LogP) is 3.92. The second kappa shape index (κ2) is 13.1. The molecule has 2 rings (SSSR count). The number of fused-ring (bicyclic) bond motifs is 1. The Bertz CT molecular complexity index is 885. The van der Waals surface area contributed by atoms with Crippen molar-refractivity contribution in [2.75, 3.05) is 6.61 Å². The Kier molecular flexibility index (Phi) is 10.5. The third kappa shape index (κ3) is 8.88. The van der Waals surface area contributed by atoms with Gasteiger partial charge in [-0.2, -0.15) is 0 Å². The van der Waals surface area contributed by atoms with Gasteiger partial charge in [0.05, 0.1) is 18.3 Å². The van der Waals surface area contributed by atoms with Crippen LogP contribution in [0.5, 0.6) is 0 Å². The molecule has 0 aliphatic carbocycles. The van der Waals surface area contributed by atoms with Gasteiger partial charge in [-0.15, -0.1) is 0 Å². The van der Waals surface area contributed by atoms with E-state index < -0.39 is 24.3 Å². The lowest BCUT2D eigenvalue weighted by atomic mass is 9.73. The Morgan fingerprint density at radius 1 is 1.17 bits per heavy atom. The van der Waals surface area contributed by atoms with E-state index in [4.69, 9.17) is 23.7 Å². The second-order valence-corrected chi connectivity index (χ2v) is 9.08. The fourth-order valence-corrected chi connectivity index (χ4v) is 4.32. The van der Waals surface area contributed by atoms with Crippen LogP contribution >= 0.6 is 0 Å². The van der Waals surface area contributed by atoms with Crippen LogP contribution in [0.4, 0.5) is 0 Å². The van der Waals surface area contributed by atoms with Gasteiger partial charge in [0, 0.05) is 45.1 Å². The van der Waals surface area contributed by atoms with Crippen LogP contribution in [-0.2, 0) is 42.9 Å². The predicted molar refractivity (Wildman–Crippen MR) is 125 cm³/mol. The van der Waals surface area contributed by atoms with Gasteiger partial charge in [0.25, 0.3) is 0 Å². The number of hydrogen-bond donors (Lipinski definition) is 0. The van der Waals surface area contributed by atoms with Gasteiger partial charge < -0.3 is 23.7 Å². The van der Waals surface area contributed by atoms with Crippen LogP contribution in [0.15, 0.2) is 35.6 Å². The van der Waals surface area contributed by atoms with E-state index in [2.05, 4.69) is 6.58 Å². The second-order valence-electron chi connectivity index (χ2n) is 9.08. The molecule has 9 heteroatoms. The number of carbonyl (C=O) groups excluding carboxylic acids is 4. The zero-order valence-electron chi connectivity index (χ0n) is 21.2. The van der Waals surface area contributed by atoms with Crippen molar-refractivity contribution in [1.82, 2.24) is 0 Å². The first-order valence-electron chi connectivity index (χ1n) is 11.8. The van der Waals surface area contributed by atoms with Crippen LogP contribution in [0.25, 0.3) is 0 Å². The molecule has 0 saturated carbocycles. The average Bonchev–Trinajstić information content (AvgIpc) is 2.74. The van der Waals surface area contributed by atoms with E-state index >= 15 is 0 Å². The van der Waals surface area contributed by atoms with Crippen LogP contribution in [0.3, 0.4) is 0 Å². The van der Waals surface area contributed by atoms with E-state index in [0.717, 1.165) is 11.1 Å². The third-order valence-electron chi connectivity index (χ3n) is 5.91. The Hall–Kier alpha value is -3.10. The largest absolute Gasteiger partial charge is 0.463 e. The SMILES string of the molecule is C=C(CCCC(C)OC(C)=O)C1C(=O)OC(CC=C(C)COC(C)=O)C2=COC(OC(C)=O)CC21. The van der Waals surface area contributed by atoms with Crippen LogP contribution in [-0.4, -0.2) is 49.0 Å². The van der Waals surface area contributed by atoms with Crippen molar-refractivity contribution in [1.29, 1.82) is 0 Å². The summed E-state index contributed by atoms with van der Waals surface area (Å²) >= 11 is 0. The minimum absolute atomic E-state index is 0.161. The van der Waals surface area contributed by atoms with Crippen LogP contribution in [0.2, 0.25) is 0 Å². The molecule has 0 N–H and O–H groups in total. The van der Waals surface area contributed by atoms with E-state index in [1.807, 2.05) is 19.9 Å². The van der Waals surface area contributed by atoms with Crippen molar-refractivity contribution in [3.8, 4) is 0 Å². The molecule has 194 valence electrons. The van der Waals surface area contributed by atoms with Crippen molar-refractivity contribution >= 4 is 23.9 Å². The smallest absolute Gasteiger partial charge is 0.314 e. The molecule has 35 heavy (non-hydrogen) atoms. The number of hydrogen-bond acceptors (Lipinski definition) is 9. The molecule has 0 aromatic rings. The van der Waals surface area contributed by atoms with E-state index in [-0.39, 0.29) is 36.5 Å². The summed E-state index contributed by atoms with van der Waals surface area (Å²) in [5.41, 5.74) is 2.34. The fourth-order valence-electron chi connectivity index (χ4n) is 4.32. The van der Waals surface area contributed by atoms with Gasteiger partial charge in [0.1, 0.15) is 12.7 Å². The van der Waals surface area contributed by atoms with Gasteiger partial charge in [-0.3, -0.25) is 19.2 Å². The van der Waals surface area contributed by atoms with Gasteiger partial charge >= 0.3 is 23.9 Å². The minimum atomic E-state index is -0.798. The molecule has 2 heterocycles. The maximum Gasteiger partial charge on any atom is 0.314 e. The van der Waals surface area contributed by atoms with Gasteiger partial charge in [-0.25, -0.2) is 0 Å². The summed E-state index contributed by atoms with van der Waals surface area (Å²) in [5.74, 6) is -2.45. The maximum atomic E-state index is 13.1. The molecule has 5 atom stereocenters. The molecular formula is C26H36O9. The molecule has 2 aliphatic rings. The highest BCUT2D eigenvalue weighted by atomic mass is 16.7. The van der Waals surface area contributed by atoms with E-state index in [9.17, 15) is 19.2 Å². The lowest BCUT2D eigenvalue weighted by Crippen LogP contribution is -2.44. The summed E-state index contributed by atoms with van der Waals surface area (Å²) in [6.45, 7) is 12.0. The zero-order valence-corrected chi connectivity index (χ0v) is 21.2. The summed E-state index contributed by atoms with van der Waals surface area (Å²) in [7, 11) is 0. The van der Waals surface area contributed by atoms with Crippen molar-refractivity contribution < 1.29 is 42.9 Å². The number of ether oxygens (including phenoxy) is 5. The first kappa shape index (κ1) is 28.1. The summed E-state index contributed by atoms with van der Waals surface area (Å²) in [6, 6.07) is 0.